The van der Waals surface area contributed by atoms with E-state index in [0.29, 0.717) is 30.2 Å². The fourth-order valence-electron chi connectivity index (χ4n) is 2.39. The Balaban J connectivity index is 2.08. The molecular formula is C15H20N2O5. The van der Waals surface area contributed by atoms with Gasteiger partial charge in [0.05, 0.1) is 19.6 Å². The predicted molar refractivity (Wildman–Crippen MR) is 80.5 cm³/mol. The summed E-state index contributed by atoms with van der Waals surface area (Å²) in [5, 5.41) is 12.0. The standard InChI is InChI=1S/C15H20N2O5/c1-15(13(18)19)4-5-17(9-15)14(20)16-10-6-11(21-2)8-12(7-10)22-3/h6-8H,4-5,9H2,1-3H3,(H,16,20)(H,18,19). The number of hydrogen-bond acceptors (Lipinski definition) is 4. The van der Waals surface area contributed by atoms with Gasteiger partial charge < -0.3 is 24.8 Å². The Labute approximate surface area is 128 Å². The Hall–Kier alpha value is -2.44. The van der Waals surface area contributed by atoms with Crippen molar-refractivity contribution in [2.45, 2.75) is 13.3 Å². The molecule has 0 bridgehead atoms. The van der Waals surface area contributed by atoms with E-state index >= 15 is 0 Å². The molecule has 0 aliphatic carbocycles. The van der Waals surface area contributed by atoms with Gasteiger partial charge in [-0.3, -0.25) is 4.79 Å². The molecule has 0 spiro atoms. The van der Waals surface area contributed by atoms with Gasteiger partial charge in [-0.2, -0.15) is 0 Å². The maximum absolute atomic E-state index is 12.3. The third-order valence-corrected chi connectivity index (χ3v) is 3.88. The summed E-state index contributed by atoms with van der Waals surface area (Å²) in [4.78, 5) is 25.0. The average Bonchev–Trinajstić information content (AvgIpc) is 2.91. The number of urea groups is 1. The third kappa shape index (κ3) is 3.24. The first-order valence-electron chi connectivity index (χ1n) is 6.90. The number of benzene rings is 1. The second-order valence-corrected chi connectivity index (χ2v) is 5.57. The SMILES string of the molecule is COc1cc(NC(=O)N2CCC(C)(C(=O)O)C2)cc(OC)c1. The number of ether oxygens (including phenoxy) is 2. The monoisotopic (exact) mass is 308 g/mol. The molecule has 2 N–H and O–H groups in total. The molecule has 1 aliphatic rings. The van der Waals surface area contributed by atoms with E-state index in [1.807, 2.05) is 0 Å². The summed E-state index contributed by atoms with van der Waals surface area (Å²) in [6.07, 6.45) is 0.442. The van der Waals surface area contributed by atoms with Crippen molar-refractivity contribution < 1.29 is 24.2 Å². The molecule has 1 heterocycles. The van der Waals surface area contributed by atoms with Crippen LogP contribution in [-0.4, -0.2) is 49.3 Å². The first kappa shape index (κ1) is 15.9. The van der Waals surface area contributed by atoms with Crippen LogP contribution in [0.1, 0.15) is 13.3 Å². The van der Waals surface area contributed by atoms with Gasteiger partial charge >= 0.3 is 12.0 Å². The minimum atomic E-state index is -0.886. The topological polar surface area (TPSA) is 88.1 Å². The number of amides is 2. The van der Waals surface area contributed by atoms with E-state index in [4.69, 9.17) is 9.47 Å². The fourth-order valence-corrected chi connectivity index (χ4v) is 2.39. The minimum absolute atomic E-state index is 0.190. The Bertz CT molecular complexity index is 567. The molecule has 120 valence electrons. The lowest BCUT2D eigenvalue weighted by atomic mass is 9.90. The van der Waals surface area contributed by atoms with Crippen LogP contribution in [-0.2, 0) is 4.79 Å². The van der Waals surface area contributed by atoms with Gasteiger partial charge in [0.2, 0.25) is 0 Å². The molecule has 7 heteroatoms. The zero-order chi connectivity index (χ0) is 16.3. The number of carbonyl (C=O) groups is 2. The molecule has 1 fully saturated rings. The van der Waals surface area contributed by atoms with Crippen molar-refractivity contribution in [2.24, 2.45) is 5.41 Å². The Morgan fingerprint density at radius 1 is 1.23 bits per heavy atom. The molecule has 1 unspecified atom stereocenters. The molecule has 2 rings (SSSR count). The zero-order valence-electron chi connectivity index (χ0n) is 12.9. The van der Waals surface area contributed by atoms with Crippen molar-refractivity contribution in [3.8, 4) is 11.5 Å². The lowest BCUT2D eigenvalue weighted by molar-refractivity contribution is -0.146. The normalized spacial score (nSPS) is 20.6. The van der Waals surface area contributed by atoms with E-state index < -0.39 is 11.4 Å². The quantitative estimate of drug-likeness (QED) is 0.888. The van der Waals surface area contributed by atoms with Gasteiger partial charge in [-0.25, -0.2) is 4.79 Å². The maximum Gasteiger partial charge on any atom is 0.321 e. The first-order chi connectivity index (χ1) is 10.4. The van der Waals surface area contributed by atoms with Crippen LogP contribution in [0.5, 0.6) is 11.5 Å². The highest BCUT2D eigenvalue weighted by Crippen LogP contribution is 2.31. The van der Waals surface area contributed by atoms with Gasteiger partial charge in [-0.15, -0.1) is 0 Å². The van der Waals surface area contributed by atoms with Crippen molar-refractivity contribution in [2.75, 3.05) is 32.6 Å². The van der Waals surface area contributed by atoms with E-state index in [1.54, 1.807) is 25.1 Å². The predicted octanol–water partition coefficient (Wildman–Crippen LogP) is 2.03. The molecule has 7 nitrogen and oxygen atoms in total. The second-order valence-electron chi connectivity index (χ2n) is 5.57. The molecule has 1 aromatic carbocycles. The molecule has 0 radical (unpaired) electrons. The van der Waals surface area contributed by atoms with Gasteiger partial charge in [0.1, 0.15) is 11.5 Å². The Morgan fingerprint density at radius 2 is 1.82 bits per heavy atom. The number of methoxy groups -OCH3 is 2. The number of carboxylic acid groups (broad SMARTS) is 1. The van der Waals surface area contributed by atoms with Crippen LogP contribution >= 0.6 is 0 Å². The van der Waals surface area contributed by atoms with Crippen LogP contribution in [0.2, 0.25) is 0 Å². The fraction of sp³-hybridized carbons (Fsp3) is 0.467. The summed E-state index contributed by atoms with van der Waals surface area (Å²) in [7, 11) is 3.05. The molecule has 1 atom stereocenters. The number of aliphatic carboxylic acids is 1. The average molecular weight is 308 g/mol. The van der Waals surface area contributed by atoms with Crippen LogP contribution in [0.25, 0.3) is 0 Å². The van der Waals surface area contributed by atoms with Gasteiger partial charge in [0, 0.05) is 37.0 Å². The van der Waals surface area contributed by atoms with Crippen LogP contribution in [0.4, 0.5) is 10.5 Å². The summed E-state index contributed by atoms with van der Waals surface area (Å²) in [5.41, 5.74) is -0.353. The number of nitrogens with zero attached hydrogens (tertiary/aromatic N) is 1. The summed E-state index contributed by atoms with van der Waals surface area (Å²) < 4.78 is 10.3. The van der Waals surface area contributed by atoms with Gasteiger partial charge in [-0.05, 0) is 13.3 Å². The van der Waals surface area contributed by atoms with Crippen molar-refractivity contribution in [3.63, 3.8) is 0 Å². The molecule has 1 aliphatic heterocycles. The van der Waals surface area contributed by atoms with Crippen molar-refractivity contribution in [3.05, 3.63) is 18.2 Å². The van der Waals surface area contributed by atoms with E-state index in [0.717, 1.165) is 0 Å². The summed E-state index contributed by atoms with van der Waals surface area (Å²) >= 11 is 0. The van der Waals surface area contributed by atoms with E-state index in [2.05, 4.69) is 5.32 Å². The number of rotatable bonds is 4. The van der Waals surface area contributed by atoms with Gasteiger partial charge in [0.25, 0.3) is 0 Å². The van der Waals surface area contributed by atoms with Crippen molar-refractivity contribution in [1.29, 1.82) is 0 Å². The minimum Gasteiger partial charge on any atom is -0.497 e. The highest BCUT2D eigenvalue weighted by Gasteiger charge is 2.42. The van der Waals surface area contributed by atoms with Crippen LogP contribution in [0.3, 0.4) is 0 Å². The van der Waals surface area contributed by atoms with E-state index in [-0.39, 0.29) is 12.6 Å². The van der Waals surface area contributed by atoms with E-state index in [1.165, 1.54) is 19.1 Å². The molecule has 1 aromatic rings. The molecule has 1 saturated heterocycles. The molecule has 2 amide bonds. The smallest absolute Gasteiger partial charge is 0.321 e. The highest BCUT2D eigenvalue weighted by atomic mass is 16.5. The number of carbonyl (C=O) groups excluding carboxylic acids is 1. The maximum atomic E-state index is 12.3. The molecule has 0 saturated carbocycles. The van der Waals surface area contributed by atoms with Crippen LogP contribution in [0, 0.1) is 5.41 Å². The largest absolute Gasteiger partial charge is 0.497 e. The van der Waals surface area contributed by atoms with Crippen molar-refractivity contribution in [1.82, 2.24) is 4.90 Å². The number of likely N-dealkylation sites (tertiary alicyclic amines) is 1. The number of anilines is 1. The molecule has 22 heavy (non-hydrogen) atoms. The second kappa shape index (κ2) is 6.13. The summed E-state index contributed by atoms with van der Waals surface area (Å²) in [6.45, 7) is 2.25. The number of hydrogen-bond donors (Lipinski definition) is 2. The van der Waals surface area contributed by atoms with Crippen molar-refractivity contribution >= 4 is 17.7 Å². The lowest BCUT2D eigenvalue weighted by Gasteiger charge is -2.20. The number of nitrogens with one attached hydrogen (secondary N) is 1. The first-order valence-corrected chi connectivity index (χ1v) is 6.90. The zero-order valence-corrected chi connectivity index (χ0v) is 12.9. The third-order valence-electron chi connectivity index (χ3n) is 3.88. The lowest BCUT2D eigenvalue weighted by Crippen LogP contribution is -2.37. The molecule has 0 aromatic heterocycles. The Kier molecular flexibility index (Phi) is 4.44. The van der Waals surface area contributed by atoms with Gasteiger partial charge in [-0.1, -0.05) is 0 Å². The summed E-state index contributed by atoms with van der Waals surface area (Å²) in [6, 6.07) is 4.72. The van der Waals surface area contributed by atoms with Gasteiger partial charge in [0.15, 0.2) is 0 Å². The summed E-state index contributed by atoms with van der Waals surface area (Å²) in [5.74, 6) is 0.240. The molecular weight excluding hydrogens is 288 g/mol. The highest BCUT2D eigenvalue weighted by molar-refractivity contribution is 5.91. The number of carboxylic acids is 1. The van der Waals surface area contributed by atoms with E-state index in [9.17, 15) is 14.7 Å². The van der Waals surface area contributed by atoms with Crippen LogP contribution < -0.4 is 14.8 Å². The Morgan fingerprint density at radius 3 is 2.27 bits per heavy atom. The van der Waals surface area contributed by atoms with Crippen LogP contribution in [0.15, 0.2) is 18.2 Å².